The van der Waals surface area contributed by atoms with Crippen LogP contribution in [0, 0.1) is 0 Å². The molecule has 4 nitrogen and oxygen atoms in total. The van der Waals surface area contributed by atoms with E-state index in [4.69, 9.17) is 0 Å². The van der Waals surface area contributed by atoms with Crippen molar-refractivity contribution >= 4 is 26.5 Å². The zero-order valence-corrected chi connectivity index (χ0v) is 44.7. The number of phenolic OH excluding ortho intramolecular Hbond substituents is 4. The van der Waals surface area contributed by atoms with Gasteiger partial charge in [0.05, 0.1) is 27.0 Å². The van der Waals surface area contributed by atoms with Crippen LogP contribution in [0.5, 0.6) is 23.0 Å². The molecule has 0 saturated carbocycles. The summed E-state index contributed by atoms with van der Waals surface area (Å²) in [7, 11) is -4.48. The second-order valence-electron chi connectivity index (χ2n) is 21.7. The lowest BCUT2D eigenvalue weighted by Crippen LogP contribution is -2.48. The van der Waals surface area contributed by atoms with Crippen LogP contribution in [-0.2, 0) is 35.8 Å². The highest BCUT2D eigenvalue weighted by atomic mass is 28.3. The van der Waals surface area contributed by atoms with Crippen LogP contribution in [0.2, 0.25) is 26.2 Å². The molecule has 0 heterocycles. The molecule has 0 aliphatic heterocycles. The first-order valence-electron chi connectivity index (χ1n) is 25.7. The highest BCUT2D eigenvalue weighted by molar-refractivity contribution is 6.90. The summed E-state index contributed by atoms with van der Waals surface area (Å²) in [4.78, 5) is 0. The Morgan fingerprint density at radius 3 is 0.892 bits per heavy atom. The molecule has 0 saturated heterocycles. The molecule has 11 rings (SSSR count). The molecule has 0 spiro atoms. The minimum atomic E-state index is -2.24. The summed E-state index contributed by atoms with van der Waals surface area (Å²) in [6.45, 7) is 17.5. The van der Waals surface area contributed by atoms with Crippen molar-refractivity contribution in [3.8, 4) is 45.3 Å². The van der Waals surface area contributed by atoms with E-state index in [-0.39, 0.29) is 11.5 Å². The Kier molecular flexibility index (Phi) is 12.1. The van der Waals surface area contributed by atoms with E-state index in [0.29, 0.717) is 24.3 Å². The monoisotopic (exact) mass is 998 g/mol. The van der Waals surface area contributed by atoms with E-state index in [0.717, 1.165) is 56.6 Å². The number of hydrogen-bond donors (Lipinski definition) is 4. The van der Waals surface area contributed by atoms with Gasteiger partial charge in [-0.2, -0.15) is 0 Å². The van der Waals surface area contributed by atoms with Crippen LogP contribution in [0.15, 0.2) is 219 Å². The fourth-order valence-electron chi connectivity index (χ4n) is 12.8. The molecule has 74 heavy (non-hydrogen) atoms. The van der Waals surface area contributed by atoms with Gasteiger partial charge in [0.25, 0.3) is 0 Å². The summed E-state index contributed by atoms with van der Waals surface area (Å²) >= 11 is 0. The minimum Gasteiger partial charge on any atom is -0.508 e. The molecule has 4 N–H and O–H groups in total. The van der Waals surface area contributed by atoms with Crippen molar-refractivity contribution in [1.29, 1.82) is 0 Å². The second kappa shape index (κ2) is 18.5. The fraction of sp³-hybridized carbons (Fsp3) is 0.147. The molecule has 0 atom stereocenters. The van der Waals surface area contributed by atoms with E-state index in [1.165, 1.54) is 54.9 Å². The molecular weight excluding hydrogens is 937 g/mol. The van der Waals surface area contributed by atoms with Gasteiger partial charge >= 0.3 is 0 Å². The zero-order valence-electron chi connectivity index (χ0n) is 42.7. The Hall–Kier alpha value is -7.91. The molecule has 2 aliphatic carbocycles. The van der Waals surface area contributed by atoms with Gasteiger partial charge in [-0.1, -0.05) is 219 Å². The normalized spacial score (nSPS) is 13.9. The highest BCUT2D eigenvalue weighted by Crippen LogP contribution is 2.58. The van der Waals surface area contributed by atoms with Crippen LogP contribution in [-0.4, -0.2) is 36.6 Å². The Labute approximate surface area is 438 Å². The quantitative estimate of drug-likeness (QED) is 0.0646. The van der Waals surface area contributed by atoms with Gasteiger partial charge in [0.2, 0.25) is 0 Å². The van der Waals surface area contributed by atoms with Crippen molar-refractivity contribution < 1.29 is 20.4 Å². The molecule has 0 aromatic heterocycles. The molecule has 2 aliphatic rings. The number of allylic oxidation sites excluding steroid dienone is 2. The van der Waals surface area contributed by atoms with E-state index >= 15 is 0 Å². The maximum Gasteiger partial charge on any atom is 0.119 e. The zero-order chi connectivity index (χ0) is 51.6. The topological polar surface area (TPSA) is 80.9 Å². The van der Waals surface area contributed by atoms with E-state index < -0.39 is 27.0 Å². The van der Waals surface area contributed by atoms with Gasteiger partial charge in [-0.05, 0) is 138 Å². The van der Waals surface area contributed by atoms with Gasteiger partial charge < -0.3 is 20.4 Å². The van der Waals surface area contributed by atoms with Crippen molar-refractivity contribution in [2.24, 2.45) is 0 Å². The Balaban J connectivity index is 0.932. The lowest BCUT2D eigenvalue weighted by atomic mass is 9.67. The van der Waals surface area contributed by atoms with Gasteiger partial charge in [0.15, 0.2) is 0 Å². The minimum absolute atomic E-state index is 0.252. The first-order chi connectivity index (χ1) is 35.7. The van der Waals surface area contributed by atoms with Gasteiger partial charge in [0.1, 0.15) is 23.0 Å². The van der Waals surface area contributed by atoms with E-state index in [1.54, 1.807) is 0 Å². The number of phenols is 4. The Bertz CT molecular complexity index is 3350. The smallest absolute Gasteiger partial charge is 0.119 e. The summed E-state index contributed by atoms with van der Waals surface area (Å²) in [5.74, 6) is 1.09. The largest absolute Gasteiger partial charge is 0.508 e. The summed E-state index contributed by atoms with van der Waals surface area (Å²) in [5, 5.41) is 48.1. The molecule has 9 aromatic carbocycles. The molecule has 0 unspecified atom stereocenters. The van der Waals surface area contributed by atoms with Crippen LogP contribution in [0.4, 0.5) is 0 Å². The molecule has 0 fully saturated rings. The van der Waals surface area contributed by atoms with Crippen molar-refractivity contribution in [1.82, 2.24) is 0 Å². The fourth-order valence-corrected chi connectivity index (χ4v) is 17.8. The molecule has 9 aromatic rings. The average molecular weight is 999 g/mol. The van der Waals surface area contributed by atoms with Crippen LogP contribution < -0.4 is 10.4 Å². The van der Waals surface area contributed by atoms with Crippen LogP contribution in [0.25, 0.3) is 22.3 Å². The average Bonchev–Trinajstić information content (AvgIpc) is 3.88. The first-order valence-corrected chi connectivity index (χ1v) is 32.1. The Morgan fingerprint density at radius 1 is 0.351 bits per heavy atom. The van der Waals surface area contributed by atoms with E-state index in [1.807, 2.05) is 36.4 Å². The van der Waals surface area contributed by atoms with Crippen molar-refractivity contribution in [2.75, 3.05) is 0 Å². The molecule has 6 heteroatoms. The lowest BCUT2D eigenvalue weighted by Gasteiger charge is -2.35. The predicted molar refractivity (Wildman–Crippen MR) is 310 cm³/mol. The Morgan fingerprint density at radius 2 is 0.608 bits per heavy atom. The van der Waals surface area contributed by atoms with Gasteiger partial charge in [-0.15, -0.1) is 13.2 Å². The van der Waals surface area contributed by atoms with Gasteiger partial charge in [-0.25, -0.2) is 0 Å². The van der Waals surface area contributed by atoms with Crippen molar-refractivity contribution in [3.63, 3.8) is 0 Å². The number of rotatable bonds is 14. The third-order valence-electron chi connectivity index (χ3n) is 16.4. The molecular formula is C68H62O4Si2. The number of aromatic hydroxyl groups is 4. The SMILES string of the molecule is C=CCc1cc(C2(c3ccc(O)c(C[Si](C)(C)c4ccc([Si](C)(C)Cc5cc(C6(c7ccc(O)c(CC=C)c7)c7ccccc7-c7ccccc76)ccc5O)cc4)c3)c3ccccc3-c3ccccc32)ccc1O. The van der Waals surface area contributed by atoms with Crippen molar-refractivity contribution in [2.45, 2.75) is 61.9 Å². The van der Waals surface area contributed by atoms with Crippen LogP contribution in [0.3, 0.4) is 0 Å². The molecule has 0 bridgehead atoms. The number of fused-ring (bicyclic) bond motifs is 6. The summed E-state index contributed by atoms with van der Waals surface area (Å²) in [5.41, 5.74) is 15.8. The summed E-state index contributed by atoms with van der Waals surface area (Å²) < 4.78 is 0. The van der Waals surface area contributed by atoms with Crippen molar-refractivity contribution in [3.05, 3.63) is 286 Å². The lowest BCUT2D eigenvalue weighted by molar-refractivity contribution is 0.468. The van der Waals surface area contributed by atoms with E-state index in [2.05, 4.69) is 209 Å². The predicted octanol–water partition coefficient (Wildman–Crippen LogP) is 14.1. The maximum absolute atomic E-state index is 11.8. The standard InChI is InChI=1S/C68H62O4Si2/c1-7-17-45-39-49(27-35-63(45)69)67(59-23-13-9-19-55(59)56-20-10-14-24-60(56)67)51-29-37-65(71)47(41-51)43-73(3,4)53-31-33-54(34-32-53)74(5,6)44-48-42-52(30-38-66(48)72)68(50-28-36-64(70)46(40-50)18-8-2)61-25-15-11-21-57(61)58-22-12-16-26-62(58)68/h7-16,19-42,69-72H,1-2,17-18,43-44H2,3-6H3. The third kappa shape index (κ3) is 7.69. The molecule has 0 radical (unpaired) electrons. The third-order valence-corrected chi connectivity index (χ3v) is 22.7. The van der Waals surface area contributed by atoms with Gasteiger partial charge in [0, 0.05) is 0 Å². The first kappa shape index (κ1) is 48.4. The molecule has 0 amide bonds. The van der Waals surface area contributed by atoms with Gasteiger partial charge in [-0.3, -0.25) is 0 Å². The number of hydrogen-bond acceptors (Lipinski definition) is 4. The van der Waals surface area contributed by atoms with Crippen LogP contribution >= 0.6 is 0 Å². The second-order valence-corrected chi connectivity index (χ2v) is 31.1. The molecule has 366 valence electrons. The van der Waals surface area contributed by atoms with E-state index in [9.17, 15) is 20.4 Å². The summed E-state index contributed by atoms with van der Waals surface area (Å²) in [6, 6.07) is 69.7. The highest BCUT2D eigenvalue weighted by Gasteiger charge is 2.48. The number of benzene rings is 9. The summed E-state index contributed by atoms with van der Waals surface area (Å²) in [6.07, 6.45) is 4.74. The maximum atomic E-state index is 11.8. The van der Waals surface area contributed by atoms with Crippen LogP contribution in [0.1, 0.15) is 66.8 Å².